The molecule has 1 aliphatic heterocycles. The van der Waals surface area contributed by atoms with Crippen LogP contribution in [0.2, 0.25) is 0 Å². The van der Waals surface area contributed by atoms with Gasteiger partial charge in [0, 0.05) is 31.7 Å². The van der Waals surface area contributed by atoms with Crippen molar-refractivity contribution in [3.05, 3.63) is 65.2 Å². The van der Waals surface area contributed by atoms with Gasteiger partial charge < -0.3 is 14.8 Å². The zero-order chi connectivity index (χ0) is 18.2. The highest BCUT2D eigenvalue weighted by molar-refractivity contribution is 5.34. The van der Waals surface area contributed by atoms with Crippen molar-refractivity contribution in [1.82, 2.24) is 5.32 Å². The van der Waals surface area contributed by atoms with E-state index in [9.17, 15) is 0 Å². The van der Waals surface area contributed by atoms with Gasteiger partial charge in [-0.2, -0.15) is 5.26 Å². The smallest absolute Gasteiger partial charge is 0.119 e. The number of hydrogen-bond donors (Lipinski definition) is 1. The molecular formula is C22H26N2O2. The number of nitrogens with one attached hydrogen (secondary N) is 1. The maximum absolute atomic E-state index is 9.05. The van der Waals surface area contributed by atoms with Gasteiger partial charge in [0.2, 0.25) is 0 Å². The number of hydrogen-bond acceptors (Lipinski definition) is 4. The summed E-state index contributed by atoms with van der Waals surface area (Å²) in [5, 5.41) is 12.7. The van der Waals surface area contributed by atoms with Crippen LogP contribution >= 0.6 is 0 Å². The molecule has 0 bridgehead atoms. The van der Waals surface area contributed by atoms with Gasteiger partial charge in [-0.3, -0.25) is 0 Å². The Balaban J connectivity index is 1.70. The second-order valence-electron chi connectivity index (χ2n) is 6.77. The normalized spacial score (nSPS) is 16.0. The van der Waals surface area contributed by atoms with Crippen LogP contribution in [-0.4, -0.2) is 26.4 Å². The number of nitrogens with zero attached hydrogens (tertiary/aromatic N) is 1. The van der Waals surface area contributed by atoms with Gasteiger partial charge >= 0.3 is 0 Å². The average Bonchev–Trinajstić information content (AvgIpc) is 2.70. The van der Waals surface area contributed by atoms with Gasteiger partial charge in [0.1, 0.15) is 5.75 Å². The van der Waals surface area contributed by atoms with Crippen molar-refractivity contribution in [2.24, 2.45) is 0 Å². The quantitative estimate of drug-likeness (QED) is 0.825. The Bertz CT molecular complexity index is 743. The molecule has 4 heteroatoms. The van der Waals surface area contributed by atoms with Crippen LogP contribution in [0.5, 0.6) is 5.75 Å². The summed E-state index contributed by atoms with van der Waals surface area (Å²) in [5.74, 6) is 0.916. The molecule has 0 amide bonds. The third kappa shape index (κ3) is 4.43. The molecule has 1 aliphatic rings. The fourth-order valence-corrected chi connectivity index (χ4v) is 3.60. The van der Waals surface area contributed by atoms with Crippen molar-refractivity contribution >= 4 is 0 Å². The van der Waals surface area contributed by atoms with Gasteiger partial charge in [-0.15, -0.1) is 0 Å². The van der Waals surface area contributed by atoms with Crippen molar-refractivity contribution in [2.45, 2.75) is 31.7 Å². The molecule has 26 heavy (non-hydrogen) atoms. The number of ether oxygens (including phenoxy) is 2. The molecule has 3 rings (SSSR count). The minimum absolute atomic E-state index is 0.0792. The second kappa shape index (κ2) is 8.84. The predicted molar refractivity (Wildman–Crippen MR) is 102 cm³/mol. The first-order chi connectivity index (χ1) is 12.8. The fraction of sp³-hybridized carbons (Fsp3) is 0.409. The lowest BCUT2D eigenvalue weighted by Gasteiger charge is -2.38. The molecule has 1 N–H and O–H groups in total. The summed E-state index contributed by atoms with van der Waals surface area (Å²) in [6, 6.07) is 18.5. The summed E-state index contributed by atoms with van der Waals surface area (Å²) < 4.78 is 11.2. The van der Waals surface area contributed by atoms with Gasteiger partial charge in [-0.05, 0) is 55.2 Å². The average molecular weight is 350 g/mol. The zero-order valence-electron chi connectivity index (χ0n) is 15.3. The van der Waals surface area contributed by atoms with Gasteiger partial charge in [-0.1, -0.05) is 24.3 Å². The van der Waals surface area contributed by atoms with Gasteiger partial charge in [0.25, 0.3) is 0 Å². The molecule has 1 heterocycles. The van der Waals surface area contributed by atoms with Crippen LogP contribution in [-0.2, 0) is 16.7 Å². The maximum Gasteiger partial charge on any atom is 0.119 e. The van der Waals surface area contributed by atoms with Gasteiger partial charge in [-0.25, -0.2) is 0 Å². The Labute approximate surface area is 155 Å². The summed E-state index contributed by atoms with van der Waals surface area (Å²) in [4.78, 5) is 0. The topological polar surface area (TPSA) is 54.3 Å². The van der Waals surface area contributed by atoms with E-state index in [0.29, 0.717) is 12.2 Å². The van der Waals surface area contributed by atoms with Crippen LogP contribution in [0.15, 0.2) is 48.5 Å². The molecule has 136 valence electrons. The van der Waals surface area contributed by atoms with E-state index in [1.807, 2.05) is 25.1 Å². The molecule has 1 saturated heterocycles. The van der Waals surface area contributed by atoms with Crippen LogP contribution in [0.4, 0.5) is 0 Å². The SMILES string of the molecule is CCOc1ccc(C2(CNCc3cccc(C#N)c3)CCOCC2)cc1. The molecule has 0 aromatic heterocycles. The fourth-order valence-electron chi connectivity index (χ4n) is 3.60. The zero-order valence-corrected chi connectivity index (χ0v) is 15.3. The molecule has 0 spiro atoms. The Kier molecular flexibility index (Phi) is 6.27. The standard InChI is InChI=1S/C22H26N2O2/c1-2-26-21-8-6-20(7-9-21)22(10-12-25-13-11-22)17-24-16-19-5-3-4-18(14-19)15-23/h3-9,14,24H,2,10-13,16-17H2,1H3. The van der Waals surface area contributed by atoms with Crippen LogP contribution < -0.4 is 10.1 Å². The van der Waals surface area contributed by atoms with E-state index < -0.39 is 0 Å². The molecule has 4 nitrogen and oxygen atoms in total. The lowest BCUT2D eigenvalue weighted by atomic mass is 9.74. The van der Waals surface area contributed by atoms with E-state index >= 15 is 0 Å². The van der Waals surface area contributed by atoms with Crippen LogP contribution in [0.1, 0.15) is 36.5 Å². The van der Waals surface area contributed by atoms with Crippen molar-refractivity contribution in [3.63, 3.8) is 0 Å². The van der Waals surface area contributed by atoms with Crippen molar-refractivity contribution in [3.8, 4) is 11.8 Å². The monoisotopic (exact) mass is 350 g/mol. The second-order valence-corrected chi connectivity index (χ2v) is 6.77. The molecular weight excluding hydrogens is 324 g/mol. The van der Waals surface area contributed by atoms with E-state index in [0.717, 1.165) is 50.5 Å². The molecule has 2 aromatic carbocycles. The molecule has 0 unspecified atom stereocenters. The third-order valence-corrected chi connectivity index (χ3v) is 5.08. The molecule has 0 aliphatic carbocycles. The third-order valence-electron chi connectivity index (χ3n) is 5.08. The summed E-state index contributed by atoms with van der Waals surface area (Å²) in [6.45, 7) is 5.91. The van der Waals surface area contributed by atoms with Crippen molar-refractivity contribution < 1.29 is 9.47 Å². The number of benzene rings is 2. The van der Waals surface area contributed by atoms with Crippen LogP contribution in [0.3, 0.4) is 0 Å². The molecule has 0 saturated carbocycles. The van der Waals surface area contributed by atoms with Crippen molar-refractivity contribution in [1.29, 1.82) is 5.26 Å². The van der Waals surface area contributed by atoms with E-state index in [1.54, 1.807) is 0 Å². The minimum Gasteiger partial charge on any atom is -0.494 e. The molecule has 0 radical (unpaired) electrons. The summed E-state index contributed by atoms with van der Waals surface area (Å²) in [7, 11) is 0. The van der Waals surface area contributed by atoms with Crippen LogP contribution in [0.25, 0.3) is 0 Å². The Morgan fingerprint density at radius 1 is 1.15 bits per heavy atom. The van der Waals surface area contributed by atoms with Gasteiger partial charge in [0.05, 0.1) is 18.2 Å². The molecule has 1 fully saturated rings. The maximum atomic E-state index is 9.05. The summed E-state index contributed by atoms with van der Waals surface area (Å²) in [5.41, 5.74) is 3.26. The minimum atomic E-state index is 0.0792. The number of rotatable bonds is 7. The Morgan fingerprint density at radius 3 is 2.62 bits per heavy atom. The predicted octanol–water partition coefficient (Wildman–Crippen LogP) is 3.79. The van der Waals surface area contributed by atoms with E-state index in [4.69, 9.17) is 14.7 Å². The number of nitriles is 1. The first-order valence-corrected chi connectivity index (χ1v) is 9.26. The van der Waals surface area contributed by atoms with E-state index in [1.165, 1.54) is 5.56 Å². The highest BCUT2D eigenvalue weighted by Gasteiger charge is 2.34. The summed E-state index contributed by atoms with van der Waals surface area (Å²) in [6.07, 6.45) is 2.01. The van der Waals surface area contributed by atoms with E-state index in [2.05, 4.69) is 41.7 Å². The highest BCUT2D eigenvalue weighted by Crippen LogP contribution is 2.35. The van der Waals surface area contributed by atoms with Crippen molar-refractivity contribution in [2.75, 3.05) is 26.4 Å². The van der Waals surface area contributed by atoms with E-state index in [-0.39, 0.29) is 5.41 Å². The largest absolute Gasteiger partial charge is 0.494 e. The summed E-state index contributed by atoms with van der Waals surface area (Å²) >= 11 is 0. The van der Waals surface area contributed by atoms with Crippen LogP contribution in [0, 0.1) is 11.3 Å². The Hall–Kier alpha value is -2.35. The lowest BCUT2D eigenvalue weighted by molar-refractivity contribution is 0.0497. The molecule has 0 atom stereocenters. The Morgan fingerprint density at radius 2 is 1.92 bits per heavy atom. The van der Waals surface area contributed by atoms with Gasteiger partial charge in [0.15, 0.2) is 0 Å². The highest BCUT2D eigenvalue weighted by atomic mass is 16.5. The first-order valence-electron chi connectivity index (χ1n) is 9.26. The first kappa shape index (κ1) is 18.4. The lowest BCUT2D eigenvalue weighted by Crippen LogP contribution is -2.42. The molecule has 2 aromatic rings.